The van der Waals surface area contributed by atoms with Gasteiger partial charge in [-0.15, -0.1) is 0 Å². The van der Waals surface area contributed by atoms with Crippen LogP contribution < -0.4 is 5.32 Å². The predicted octanol–water partition coefficient (Wildman–Crippen LogP) is 1.49. The Morgan fingerprint density at radius 1 is 1.17 bits per heavy atom. The molecule has 0 aliphatic heterocycles. The minimum atomic E-state index is 0.578. The van der Waals surface area contributed by atoms with Crippen LogP contribution in [0.25, 0.3) is 11.6 Å². The van der Waals surface area contributed by atoms with Gasteiger partial charge in [0.2, 0.25) is 0 Å². The lowest BCUT2D eigenvalue weighted by Crippen LogP contribution is -2.17. The van der Waals surface area contributed by atoms with Crippen molar-refractivity contribution in [1.29, 1.82) is 0 Å². The van der Waals surface area contributed by atoms with Crippen LogP contribution in [0.2, 0.25) is 0 Å². The van der Waals surface area contributed by atoms with Crippen LogP contribution in [0.4, 0.5) is 0 Å². The number of nitrogens with zero attached hydrogens (tertiary/aromatic N) is 4. The average Bonchev–Trinajstić information content (AvgIpc) is 3.21. The van der Waals surface area contributed by atoms with Crippen LogP contribution in [-0.4, -0.2) is 26.0 Å². The first-order valence-electron chi connectivity index (χ1n) is 6.16. The monoisotopic (exact) mass is 241 g/mol. The third kappa shape index (κ3) is 2.68. The highest BCUT2D eigenvalue weighted by Gasteiger charge is 2.20. The first kappa shape index (κ1) is 11.2. The second-order valence-electron chi connectivity index (χ2n) is 4.55. The molecule has 2 aromatic heterocycles. The van der Waals surface area contributed by atoms with Gasteiger partial charge in [0.05, 0.1) is 5.69 Å². The molecule has 0 saturated heterocycles. The van der Waals surface area contributed by atoms with E-state index in [4.69, 9.17) is 0 Å². The molecule has 0 amide bonds. The van der Waals surface area contributed by atoms with Crippen LogP contribution in [0.15, 0.2) is 24.5 Å². The van der Waals surface area contributed by atoms with Crippen LogP contribution in [0, 0.1) is 6.92 Å². The van der Waals surface area contributed by atoms with E-state index in [1.165, 1.54) is 12.8 Å². The second kappa shape index (κ2) is 4.78. The lowest BCUT2D eigenvalue weighted by atomic mass is 10.3. The lowest BCUT2D eigenvalue weighted by Gasteiger charge is -2.05. The Kier molecular flexibility index (Phi) is 2.98. The summed E-state index contributed by atoms with van der Waals surface area (Å²) < 4.78 is 0. The van der Waals surface area contributed by atoms with Gasteiger partial charge in [-0.25, -0.2) is 19.9 Å². The summed E-state index contributed by atoms with van der Waals surface area (Å²) in [7, 11) is 0. The van der Waals surface area contributed by atoms with E-state index in [9.17, 15) is 0 Å². The van der Waals surface area contributed by atoms with Crippen molar-refractivity contribution in [3.63, 3.8) is 0 Å². The predicted molar refractivity (Wildman–Crippen MR) is 67.7 cm³/mol. The number of aromatic nitrogens is 4. The Balaban J connectivity index is 1.85. The molecule has 0 radical (unpaired) electrons. The van der Waals surface area contributed by atoms with Gasteiger partial charge in [-0.2, -0.15) is 0 Å². The zero-order chi connectivity index (χ0) is 12.4. The summed E-state index contributed by atoms with van der Waals surface area (Å²) in [5.74, 6) is 1.18. The van der Waals surface area contributed by atoms with Crippen molar-refractivity contribution in [2.24, 2.45) is 0 Å². The molecule has 92 valence electrons. The van der Waals surface area contributed by atoms with Crippen molar-refractivity contribution in [2.75, 3.05) is 0 Å². The van der Waals surface area contributed by atoms with Crippen LogP contribution in [0.1, 0.15) is 24.2 Å². The van der Waals surface area contributed by atoms with Gasteiger partial charge in [-0.05, 0) is 31.9 Å². The van der Waals surface area contributed by atoms with Crippen molar-refractivity contribution in [2.45, 2.75) is 32.4 Å². The van der Waals surface area contributed by atoms with E-state index in [2.05, 4.69) is 25.3 Å². The largest absolute Gasteiger partial charge is 0.308 e. The highest BCUT2D eigenvalue weighted by Crippen LogP contribution is 2.19. The van der Waals surface area contributed by atoms with Crippen molar-refractivity contribution in [3.05, 3.63) is 35.9 Å². The molecule has 1 saturated carbocycles. The first-order chi connectivity index (χ1) is 8.81. The molecule has 0 spiro atoms. The summed E-state index contributed by atoms with van der Waals surface area (Å²) in [5.41, 5.74) is 1.94. The molecular formula is C13H15N5. The zero-order valence-corrected chi connectivity index (χ0v) is 10.3. The van der Waals surface area contributed by atoms with Crippen LogP contribution in [0.3, 0.4) is 0 Å². The molecule has 2 aromatic rings. The molecule has 1 aliphatic rings. The summed E-state index contributed by atoms with van der Waals surface area (Å²) >= 11 is 0. The molecule has 1 aliphatic carbocycles. The number of hydrogen-bond donors (Lipinski definition) is 1. The van der Waals surface area contributed by atoms with Gasteiger partial charge < -0.3 is 5.32 Å². The van der Waals surface area contributed by atoms with Crippen molar-refractivity contribution >= 4 is 0 Å². The number of nitrogens with one attached hydrogen (secondary N) is 1. The van der Waals surface area contributed by atoms with E-state index in [0.29, 0.717) is 17.7 Å². The SMILES string of the molecule is Cc1cc(CNC2CC2)nc(-c2ncccn2)n1. The highest BCUT2D eigenvalue weighted by atomic mass is 15.0. The van der Waals surface area contributed by atoms with Gasteiger partial charge in [-0.3, -0.25) is 0 Å². The zero-order valence-electron chi connectivity index (χ0n) is 10.3. The van der Waals surface area contributed by atoms with E-state index in [1.54, 1.807) is 18.5 Å². The molecule has 0 atom stereocenters. The molecule has 1 fully saturated rings. The third-order valence-corrected chi connectivity index (χ3v) is 2.82. The number of rotatable bonds is 4. The number of hydrogen-bond acceptors (Lipinski definition) is 5. The maximum atomic E-state index is 4.50. The van der Waals surface area contributed by atoms with Crippen LogP contribution >= 0.6 is 0 Å². The topological polar surface area (TPSA) is 63.6 Å². The van der Waals surface area contributed by atoms with E-state index >= 15 is 0 Å². The van der Waals surface area contributed by atoms with Crippen molar-refractivity contribution in [1.82, 2.24) is 25.3 Å². The average molecular weight is 241 g/mol. The fourth-order valence-electron chi connectivity index (χ4n) is 1.78. The summed E-state index contributed by atoms with van der Waals surface area (Å²) in [6.07, 6.45) is 5.96. The fourth-order valence-corrected chi connectivity index (χ4v) is 1.78. The molecule has 2 heterocycles. The molecule has 1 N–H and O–H groups in total. The van der Waals surface area contributed by atoms with E-state index < -0.39 is 0 Å². The molecule has 18 heavy (non-hydrogen) atoms. The Bertz CT molecular complexity index is 536. The molecule has 5 nitrogen and oxygen atoms in total. The van der Waals surface area contributed by atoms with E-state index in [0.717, 1.165) is 17.9 Å². The van der Waals surface area contributed by atoms with Crippen LogP contribution in [0.5, 0.6) is 0 Å². The second-order valence-corrected chi connectivity index (χ2v) is 4.55. The van der Waals surface area contributed by atoms with Crippen molar-refractivity contribution in [3.8, 4) is 11.6 Å². The Labute approximate surface area is 106 Å². The van der Waals surface area contributed by atoms with Gasteiger partial charge in [-0.1, -0.05) is 0 Å². The summed E-state index contributed by atoms with van der Waals surface area (Å²) in [5, 5.41) is 3.45. The van der Waals surface area contributed by atoms with Gasteiger partial charge in [0.25, 0.3) is 0 Å². The molecule has 3 rings (SSSR count). The summed E-state index contributed by atoms with van der Waals surface area (Å²) in [4.78, 5) is 17.3. The number of aryl methyl sites for hydroxylation is 1. The Morgan fingerprint density at radius 3 is 2.67 bits per heavy atom. The molecule has 0 unspecified atom stereocenters. The maximum absolute atomic E-state index is 4.50. The maximum Gasteiger partial charge on any atom is 0.198 e. The summed E-state index contributed by atoms with van der Waals surface area (Å²) in [6, 6.07) is 4.47. The standard InChI is InChI=1S/C13H15N5/c1-9-7-11(8-16-10-3-4-10)18-13(17-9)12-14-5-2-6-15-12/h2,5-7,10,16H,3-4,8H2,1H3. The van der Waals surface area contributed by atoms with E-state index in [-0.39, 0.29) is 0 Å². The first-order valence-corrected chi connectivity index (χ1v) is 6.16. The minimum Gasteiger partial charge on any atom is -0.308 e. The minimum absolute atomic E-state index is 0.578. The smallest absolute Gasteiger partial charge is 0.198 e. The normalized spacial score (nSPS) is 14.7. The van der Waals surface area contributed by atoms with Gasteiger partial charge in [0.15, 0.2) is 11.6 Å². The molecule has 0 bridgehead atoms. The van der Waals surface area contributed by atoms with Gasteiger partial charge in [0, 0.05) is 30.7 Å². The quantitative estimate of drug-likeness (QED) is 0.878. The molecule has 0 aromatic carbocycles. The Hall–Kier alpha value is -1.88. The van der Waals surface area contributed by atoms with Crippen LogP contribution in [-0.2, 0) is 6.54 Å². The van der Waals surface area contributed by atoms with E-state index in [1.807, 2.05) is 13.0 Å². The summed E-state index contributed by atoms with van der Waals surface area (Å²) in [6.45, 7) is 2.75. The molecular weight excluding hydrogens is 226 g/mol. The Morgan fingerprint density at radius 2 is 1.94 bits per heavy atom. The van der Waals surface area contributed by atoms with Crippen molar-refractivity contribution < 1.29 is 0 Å². The fraction of sp³-hybridized carbons (Fsp3) is 0.385. The van der Waals surface area contributed by atoms with Gasteiger partial charge in [0.1, 0.15) is 0 Å². The molecule has 5 heteroatoms. The lowest BCUT2D eigenvalue weighted by molar-refractivity contribution is 0.672. The third-order valence-electron chi connectivity index (χ3n) is 2.82. The van der Waals surface area contributed by atoms with Gasteiger partial charge >= 0.3 is 0 Å². The highest BCUT2D eigenvalue weighted by molar-refractivity contribution is 5.42.